The van der Waals surface area contributed by atoms with Gasteiger partial charge in [0.2, 0.25) is 0 Å². The van der Waals surface area contributed by atoms with Gasteiger partial charge in [0.25, 0.3) is 0 Å². The van der Waals surface area contributed by atoms with E-state index in [1.165, 1.54) is 18.7 Å². The SMILES string of the molecule is CN1CC(c2c[c]ccc2)C1. The van der Waals surface area contributed by atoms with Crippen LogP contribution in [0.4, 0.5) is 0 Å². The molecule has 0 saturated carbocycles. The second-order valence-corrected chi connectivity index (χ2v) is 3.25. The fourth-order valence-corrected chi connectivity index (χ4v) is 1.57. The lowest BCUT2D eigenvalue weighted by Crippen LogP contribution is -2.41. The molecule has 11 heavy (non-hydrogen) atoms. The molecule has 0 aromatic heterocycles. The maximum absolute atomic E-state index is 3.11. The highest BCUT2D eigenvalue weighted by molar-refractivity contribution is 5.21. The fourth-order valence-electron chi connectivity index (χ4n) is 1.57. The van der Waals surface area contributed by atoms with Crippen molar-refractivity contribution < 1.29 is 0 Å². The number of hydrogen-bond donors (Lipinski definition) is 0. The summed E-state index contributed by atoms with van der Waals surface area (Å²) < 4.78 is 0. The van der Waals surface area contributed by atoms with Crippen molar-refractivity contribution in [2.24, 2.45) is 0 Å². The highest BCUT2D eigenvalue weighted by atomic mass is 15.2. The van der Waals surface area contributed by atoms with Gasteiger partial charge in [-0.25, -0.2) is 0 Å². The Bertz CT molecular complexity index is 224. The van der Waals surface area contributed by atoms with Crippen LogP contribution in [0.1, 0.15) is 11.5 Å². The second kappa shape index (κ2) is 2.67. The third-order valence-corrected chi connectivity index (χ3v) is 2.27. The van der Waals surface area contributed by atoms with Gasteiger partial charge < -0.3 is 4.90 Å². The Balaban J connectivity index is 2.08. The predicted octanol–water partition coefficient (Wildman–Crippen LogP) is 1.52. The molecule has 1 aliphatic heterocycles. The lowest BCUT2D eigenvalue weighted by Gasteiger charge is -2.36. The van der Waals surface area contributed by atoms with Crippen LogP contribution in [0, 0.1) is 6.07 Å². The van der Waals surface area contributed by atoms with E-state index in [1.54, 1.807) is 0 Å². The van der Waals surface area contributed by atoms with Gasteiger partial charge in [-0.1, -0.05) is 24.3 Å². The molecule has 0 N–H and O–H groups in total. The van der Waals surface area contributed by atoms with Gasteiger partial charge in [0, 0.05) is 19.0 Å². The van der Waals surface area contributed by atoms with Gasteiger partial charge in [0.1, 0.15) is 0 Å². The molecule has 57 valence electrons. The number of likely N-dealkylation sites (N-methyl/N-ethyl adjacent to an activating group) is 1. The Morgan fingerprint density at radius 2 is 2.36 bits per heavy atom. The van der Waals surface area contributed by atoms with Crippen LogP contribution in [0.25, 0.3) is 0 Å². The lowest BCUT2D eigenvalue weighted by atomic mass is 9.92. The molecule has 0 amide bonds. The minimum Gasteiger partial charge on any atom is -0.305 e. The molecule has 1 heteroatoms. The maximum atomic E-state index is 3.11. The van der Waals surface area contributed by atoms with Crippen LogP contribution in [-0.2, 0) is 0 Å². The van der Waals surface area contributed by atoms with Crippen LogP contribution in [-0.4, -0.2) is 25.0 Å². The summed E-state index contributed by atoms with van der Waals surface area (Å²) in [5.41, 5.74) is 1.44. The van der Waals surface area contributed by atoms with Crippen molar-refractivity contribution in [1.29, 1.82) is 0 Å². The van der Waals surface area contributed by atoms with Gasteiger partial charge in [-0.15, -0.1) is 0 Å². The van der Waals surface area contributed by atoms with Crippen molar-refractivity contribution >= 4 is 0 Å². The molecule has 2 rings (SSSR count). The Labute approximate surface area is 67.6 Å². The molecule has 1 saturated heterocycles. The monoisotopic (exact) mass is 146 g/mol. The summed E-state index contributed by atoms with van der Waals surface area (Å²) in [6, 6.07) is 11.4. The molecule has 1 aromatic carbocycles. The molecule has 1 heterocycles. The van der Waals surface area contributed by atoms with Crippen molar-refractivity contribution in [1.82, 2.24) is 4.90 Å². The van der Waals surface area contributed by atoms with Crippen molar-refractivity contribution in [2.45, 2.75) is 5.92 Å². The summed E-state index contributed by atoms with van der Waals surface area (Å²) in [6.07, 6.45) is 0. The largest absolute Gasteiger partial charge is 0.305 e. The summed E-state index contributed by atoms with van der Waals surface area (Å²) >= 11 is 0. The normalized spacial score (nSPS) is 19.7. The van der Waals surface area contributed by atoms with E-state index in [0.717, 1.165) is 5.92 Å². The topological polar surface area (TPSA) is 3.24 Å². The molecule has 0 spiro atoms. The number of rotatable bonds is 1. The van der Waals surface area contributed by atoms with E-state index in [9.17, 15) is 0 Å². The van der Waals surface area contributed by atoms with E-state index in [0.29, 0.717) is 0 Å². The van der Waals surface area contributed by atoms with Crippen LogP contribution in [0.3, 0.4) is 0 Å². The van der Waals surface area contributed by atoms with Crippen LogP contribution < -0.4 is 0 Å². The molecule has 1 nitrogen and oxygen atoms in total. The van der Waals surface area contributed by atoms with Crippen molar-refractivity contribution in [3.05, 3.63) is 35.9 Å². The smallest absolute Gasteiger partial charge is 0.00935 e. The van der Waals surface area contributed by atoms with Crippen LogP contribution >= 0.6 is 0 Å². The molecule has 1 fully saturated rings. The maximum Gasteiger partial charge on any atom is 0.00935 e. The van der Waals surface area contributed by atoms with Gasteiger partial charge in [-0.3, -0.25) is 0 Å². The molecule has 0 unspecified atom stereocenters. The zero-order valence-electron chi connectivity index (χ0n) is 6.75. The molecule has 0 atom stereocenters. The van der Waals surface area contributed by atoms with E-state index < -0.39 is 0 Å². The van der Waals surface area contributed by atoms with Crippen molar-refractivity contribution in [3.63, 3.8) is 0 Å². The quantitative estimate of drug-likeness (QED) is 0.580. The average molecular weight is 146 g/mol. The second-order valence-electron chi connectivity index (χ2n) is 3.25. The third-order valence-electron chi connectivity index (χ3n) is 2.27. The molecular formula is C10H12N. The van der Waals surface area contributed by atoms with Gasteiger partial charge in [0.05, 0.1) is 0 Å². The van der Waals surface area contributed by atoms with E-state index in [4.69, 9.17) is 0 Å². The summed E-state index contributed by atoms with van der Waals surface area (Å²) in [6.45, 7) is 2.41. The van der Waals surface area contributed by atoms with Crippen LogP contribution in [0.15, 0.2) is 24.3 Å². The van der Waals surface area contributed by atoms with Crippen molar-refractivity contribution in [3.8, 4) is 0 Å². The molecule has 1 aromatic rings. The molecule has 1 radical (unpaired) electrons. The van der Waals surface area contributed by atoms with E-state index in [2.05, 4.69) is 36.2 Å². The Morgan fingerprint density at radius 1 is 1.55 bits per heavy atom. The highest BCUT2D eigenvalue weighted by Gasteiger charge is 2.23. The van der Waals surface area contributed by atoms with E-state index in [-0.39, 0.29) is 0 Å². The zero-order chi connectivity index (χ0) is 7.68. The number of likely N-dealkylation sites (tertiary alicyclic amines) is 1. The molecule has 0 bridgehead atoms. The van der Waals surface area contributed by atoms with Gasteiger partial charge >= 0.3 is 0 Å². The Kier molecular flexibility index (Phi) is 1.66. The first-order valence-electron chi connectivity index (χ1n) is 4.01. The first-order valence-corrected chi connectivity index (χ1v) is 4.01. The van der Waals surface area contributed by atoms with Gasteiger partial charge in [0.15, 0.2) is 0 Å². The molecular weight excluding hydrogens is 134 g/mol. The standard InChI is InChI=1S/C10H12N/c1-11-7-10(8-11)9-5-3-2-4-6-9/h2-3,5-6,10H,7-8H2,1H3. The summed E-state index contributed by atoms with van der Waals surface area (Å²) in [4.78, 5) is 2.33. The predicted molar refractivity (Wildman–Crippen MR) is 45.5 cm³/mol. The minimum atomic E-state index is 0.762. The van der Waals surface area contributed by atoms with E-state index >= 15 is 0 Å². The van der Waals surface area contributed by atoms with Crippen LogP contribution in [0.2, 0.25) is 0 Å². The Hall–Kier alpha value is -0.820. The first kappa shape index (κ1) is 6.86. The summed E-state index contributed by atoms with van der Waals surface area (Å²) in [7, 11) is 2.16. The van der Waals surface area contributed by atoms with Crippen molar-refractivity contribution in [2.75, 3.05) is 20.1 Å². The third kappa shape index (κ3) is 1.29. The number of nitrogens with zero attached hydrogens (tertiary/aromatic N) is 1. The first-order chi connectivity index (χ1) is 5.36. The number of hydrogen-bond acceptors (Lipinski definition) is 1. The number of benzene rings is 1. The zero-order valence-corrected chi connectivity index (χ0v) is 6.75. The van der Waals surface area contributed by atoms with Gasteiger partial charge in [-0.05, 0) is 18.7 Å². The van der Waals surface area contributed by atoms with E-state index in [1.807, 2.05) is 6.07 Å². The summed E-state index contributed by atoms with van der Waals surface area (Å²) in [5.74, 6) is 0.762. The Morgan fingerprint density at radius 3 is 2.91 bits per heavy atom. The molecule has 1 aliphatic rings. The minimum absolute atomic E-state index is 0.762. The van der Waals surface area contributed by atoms with Gasteiger partial charge in [-0.2, -0.15) is 0 Å². The average Bonchev–Trinajstić information content (AvgIpc) is 2.01. The highest BCUT2D eigenvalue weighted by Crippen LogP contribution is 2.24. The molecule has 0 aliphatic carbocycles. The lowest BCUT2D eigenvalue weighted by molar-refractivity contribution is 0.190. The van der Waals surface area contributed by atoms with Crippen LogP contribution in [0.5, 0.6) is 0 Å². The summed E-state index contributed by atoms with van der Waals surface area (Å²) in [5, 5.41) is 0. The fraction of sp³-hybridized carbons (Fsp3) is 0.400.